The second-order valence-electron chi connectivity index (χ2n) is 7.14. The van der Waals surface area contributed by atoms with Crippen LogP contribution in [0.25, 0.3) is 17.1 Å². The van der Waals surface area contributed by atoms with Crippen LogP contribution in [0.15, 0.2) is 71.9 Å². The number of nitrogens with zero attached hydrogens (tertiary/aromatic N) is 3. The fourth-order valence-electron chi connectivity index (χ4n) is 3.20. The normalized spacial score (nSPS) is 10.8. The molecule has 1 N–H and O–H groups in total. The van der Waals surface area contributed by atoms with E-state index in [1.54, 1.807) is 25.3 Å². The molecule has 33 heavy (non-hydrogen) atoms. The maximum Gasteiger partial charge on any atom is 0.234 e. The topological polar surface area (TPSA) is 69.0 Å². The van der Waals surface area contributed by atoms with Crippen LogP contribution in [0.3, 0.4) is 0 Å². The summed E-state index contributed by atoms with van der Waals surface area (Å²) in [6, 6.07) is 20.3. The molecule has 0 aliphatic rings. The third-order valence-electron chi connectivity index (χ3n) is 4.80. The molecule has 0 aliphatic heterocycles. The highest BCUT2D eigenvalue weighted by molar-refractivity contribution is 7.99. The van der Waals surface area contributed by atoms with Crippen LogP contribution in [-0.4, -0.2) is 33.5 Å². The number of anilines is 1. The first-order valence-corrected chi connectivity index (χ1v) is 11.7. The monoisotopic (exact) mass is 498 g/mol. The van der Waals surface area contributed by atoms with Gasteiger partial charge in [-0.15, -0.1) is 10.2 Å². The Labute approximate surface area is 205 Å². The van der Waals surface area contributed by atoms with E-state index in [1.807, 2.05) is 60.0 Å². The molecule has 0 unspecified atom stereocenters. The number of thioether (sulfide) groups is 1. The Morgan fingerprint density at radius 3 is 2.55 bits per heavy atom. The molecule has 1 aromatic heterocycles. The highest BCUT2D eigenvalue weighted by atomic mass is 35.5. The molecule has 1 amide bonds. The van der Waals surface area contributed by atoms with E-state index in [2.05, 4.69) is 15.5 Å². The van der Waals surface area contributed by atoms with E-state index in [-0.39, 0.29) is 11.7 Å². The SMILES string of the molecule is COc1ccccc1-n1c(SCC(=O)Nc2ccc(C)cc2)nnc1-c1ccc(Cl)cc1Cl. The number of hydrogen-bond acceptors (Lipinski definition) is 5. The van der Waals surface area contributed by atoms with Gasteiger partial charge in [-0.25, -0.2) is 0 Å². The van der Waals surface area contributed by atoms with Crippen LogP contribution in [0.2, 0.25) is 10.0 Å². The Morgan fingerprint density at radius 1 is 1.06 bits per heavy atom. The molecule has 4 aromatic rings. The molecule has 6 nitrogen and oxygen atoms in total. The van der Waals surface area contributed by atoms with Gasteiger partial charge in [-0.05, 0) is 49.4 Å². The first-order chi connectivity index (χ1) is 16.0. The van der Waals surface area contributed by atoms with E-state index >= 15 is 0 Å². The van der Waals surface area contributed by atoms with Gasteiger partial charge in [0, 0.05) is 16.3 Å². The number of nitrogens with one attached hydrogen (secondary N) is 1. The number of aryl methyl sites for hydroxylation is 1. The summed E-state index contributed by atoms with van der Waals surface area (Å²) >= 11 is 13.8. The molecule has 0 saturated heterocycles. The minimum Gasteiger partial charge on any atom is -0.495 e. The Hall–Kier alpha value is -3.00. The first-order valence-electron chi connectivity index (χ1n) is 10.00. The molecule has 0 radical (unpaired) electrons. The van der Waals surface area contributed by atoms with Crippen LogP contribution in [0.5, 0.6) is 5.75 Å². The quantitative estimate of drug-likeness (QED) is 0.303. The summed E-state index contributed by atoms with van der Waals surface area (Å²) in [5.41, 5.74) is 3.26. The second-order valence-corrected chi connectivity index (χ2v) is 8.93. The van der Waals surface area contributed by atoms with Crippen LogP contribution in [-0.2, 0) is 4.79 Å². The highest BCUT2D eigenvalue weighted by Crippen LogP contribution is 2.36. The Bertz CT molecular complexity index is 1290. The lowest BCUT2D eigenvalue weighted by molar-refractivity contribution is -0.113. The number of para-hydroxylation sites is 2. The number of methoxy groups -OCH3 is 1. The number of halogens is 2. The number of benzene rings is 3. The molecule has 9 heteroatoms. The van der Waals surface area contributed by atoms with E-state index in [4.69, 9.17) is 27.9 Å². The third-order valence-corrected chi connectivity index (χ3v) is 6.28. The zero-order chi connectivity index (χ0) is 23.4. The van der Waals surface area contributed by atoms with Gasteiger partial charge in [-0.3, -0.25) is 9.36 Å². The number of carbonyl (C=O) groups is 1. The van der Waals surface area contributed by atoms with Gasteiger partial charge in [0.1, 0.15) is 5.75 Å². The van der Waals surface area contributed by atoms with Crippen molar-refractivity contribution in [2.45, 2.75) is 12.1 Å². The highest BCUT2D eigenvalue weighted by Gasteiger charge is 2.21. The van der Waals surface area contributed by atoms with Crippen LogP contribution in [0.4, 0.5) is 5.69 Å². The molecule has 0 saturated carbocycles. The molecule has 4 rings (SSSR count). The molecule has 0 atom stereocenters. The zero-order valence-corrected chi connectivity index (χ0v) is 20.2. The third kappa shape index (κ3) is 5.33. The first kappa shape index (κ1) is 23.2. The number of hydrogen-bond donors (Lipinski definition) is 1. The lowest BCUT2D eigenvalue weighted by atomic mass is 10.2. The second kappa shape index (κ2) is 10.3. The van der Waals surface area contributed by atoms with Crippen molar-refractivity contribution in [3.63, 3.8) is 0 Å². The molecule has 0 spiro atoms. The minimum atomic E-state index is -0.149. The number of ether oxygens (including phenoxy) is 1. The van der Waals surface area contributed by atoms with Gasteiger partial charge in [0.15, 0.2) is 11.0 Å². The Kier molecular flexibility index (Phi) is 7.23. The van der Waals surface area contributed by atoms with Gasteiger partial charge in [0.05, 0.1) is 23.6 Å². The molecule has 1 heterocycles. The molecular formula is C24H20Cl2N4O2S. The number of rotatable bonds is 7. The van der Waals surface area contributed by atoms with Crippen LogP contribution < -0.4 is 10.1 Å². The van der Waals surface area contributed by atoms with Crippen molar-refractivity contribution in [1.29, 1.82) is 0 Å². The van der Waals surface area contributed by atoms with Crippen molar-refractivity contribution in [3.8, 4) is 22.8 Å². The molecular weight excluding hydrogens is 479 g/mol. The lowest BCUT2D eigenvalue weighted by Gasteiger charge is -2.14. The fraction of sp³-hybridized carbons (Fsp3) is 0.125. The van der Waals surface area contributed by atoms with E-state index in [0.29, 0.717) is 32.3 Å². The molecule has 3 aromatic carbocycles. The average Bonchev–Trinajstić information content (AvgIpc) is 3.22. The maximum atomic E-state index is 12.6. The average molecular weight is 499 g/mol. The van der Waals surface area contributed by atoms with Gasteiger partial charge in [0.2, 0.25) is 5.91 Å². The molecule has 168 valence electrons. The standard InChI is InChI=1S/C24H20Cl2N4O2S/c1-15-7-10-17(11-8-15)27-22(31)14-33-24-29-28-23(18-12-9-16(25)13-19(18)26)30(24)20-5-3-4-6-21(20)32-2/h3-13H,14H2,1-2H3,(H,27,31). The van der Waals surface area contributed by atoms with Gasteiger partial charge < -0.3 is 10.1 Å². The summed E-state index contributed by atoms with van der Waals surface area (Å²) in [6.07, 6.45) is 0. The fourth-order valence-corrected chi connectivity index (χ4v) is 4.44. The van der Waals surface area contributed by atoms with E-state index in [0.717, 1.165) is 16.9 Å². The van der Waals surface area contributed by atoms with Crippen molar-refractivity contribution in [2.75, 3.05) is 18.2 Å². The van der Waals surface area contributed by atoms with Crippen LogP contribution in [0.1, 0.15) is 5.56 Å². The molecule has 0 bridgehead atoms. The smallest absolute Gasteiger partial charge is 0.234 e. The largest absolute Gasteiger partial charge is 0.495 e. The van der Waals surface area contributed by atoms with Gasteiger partial charge in [-0.2, -0.15) is 0 Å². The summed E-state index contributed by atoms with van der Waals surface area (Å²) in [7, 11) is 1.60. The van der Waals surface area contributed by atoms with Crippen LogP contribution >= 0.6 is 35.0 Å². The van der Waals surface area contributed by atoms with Crippen LogP contribution in [0, 0.1) is 6.92 Å². The van der Waals surface area contributed by atoms with Gasteiger partial charge >= 0.3 is 0 Å². The number of carbonyl (C=O) groups excluding carboxylic acids is 1. The van der Waals surface area contributed by atoms with Crippen molar-refractivity contribution < 1.29 is 9.53 Å². The van der Waals surface area contributed by atoms with Crippen molar-refractivity contribution >= 4 is 46.6 Å². The predicted molar refractivity (Wildman–Crippen MR) is 134 cm³/mol. The summed E-state index contributed by atoms with van der Waals surface area (Å²) in [4.78, 5) is 12.6. The Balaban J connectivity index is 1.67. The summed E-state index contributed by atoms with van der Waals surface area (Å²) in [6.45, 7) is 2.00. The number of aromatic nitrogens is 3. The summed E-state index contributed by atoms with van der Waals surface area (Å²) in [5, 5.41) is 13.1. The van der Waals surface area contributed by atoms with E-state index in [9.17, 15) is 4.79 Å². The van der Waals surface area contributed by atoms with E-state index in [1.165, 1.54) is 11.8 Å². The van der Waals surface area contributed by atoms with Gasteiger partial charge in [0.25, 0.3) is 0 Å². The predicted octanol–water partition coefficient (Wildman–Crippen LogP) is 6.29. The lowest BCUT2D eigenvalue weighted by Crippen LogP contribution is -2.14. The Morgan fingerprint density at radius 2 is 1.82 bits per heavy atom. The van der Waals surface area contributed by atoms with Gasteiger partial charge in [-0.1, -0.05) is 64.8 Å². The van der Waals surface area contributed by atoms with Crippen molar-refractivity contribution in [1.82, 2.24) is 14.8 Å². The van der Waals surface area contributed by atoms with Crippen molar-refractivity contribution in [2.24, 2.45) is 0 Å². The van der Waals surface area contributed by atoms with Crippen molar-refractivity contribution in [3.05, 3.63) is 82.3 Å². The number of amides is 1. The van der Waals surface area contributed by atoms with E-state index < -0.39 is 0 Å². The minimum absolute atomic E-state index is 0.148. The molecule has 0 aliphatic carbocycles. The summed E-state index contributed by atoms with van der Waals surface area (Å²) in [5.74, 6) is 1.15. The summed E-state index contributed by atoms with van der Waals surface area (Å²) < 4.78 is 7.39. The maximum absolute atomic E-state index is 12.6. The zero-order valence-electron chi connectivity index (χ0n) is 17.9. The molecule has 0 fully saturated rings.